The molecule has 0 spiro atoms. The van der Waals surface area contributed by atoms with Crippen LogP contribution in [-0.2, 0) is 0 Å². The maximum absolute atomic E-state index is 12.7. The van der Waals surface area contributed by atoms with E-state index >= 15 is 0 Å². The highest BCUT2D eigenvalue weighted by molar-refractivity contribution is 6.34. The lowest BCUT2D eigenvalue weighted by molar-refractivity contribution is -0.384. The van der Waals surface area contributed by atoms with Crippen LogP contribution in [-0.4, -0.2) is 41.9 Å². The van der Waals surface area contributed by atoms with E-state index in [4.69, 9.17) is 11.6 Å². The second kappa shape index (κ2) is 7.33. The third-order valence-corrected chi connectivity index (χ3v) is 5.19. The van der Waals surface area contributed by atoms with Gasteiger partial charge in [-0.25, -0.2) is 0 Å². The molecule has 0 radical (unpaired) electrons. The Labute approximate surface area is 157 Å². The number of hydrogen-bond donors (Lipinski definition) is 0. The van der Waals surface area contributed by atoms with Gasteiger partial charge in [0, 0.05) is 44.0 Å². The highest BCUT2D eigenvalue weighted by Gasteiger charge is 2.25. The SMILES string of the molecule is Cc1cccc(N2CCN(C(=O)c3ccc([N+](=O)[O-])cc3Cl)CC2)c1C. The summed E-state index contributed by atoms with van der Waals surface area (Å²) in [4.78, 5) is 27.0. The fourth-order valence-corrected chi connectivity index (χ4v) is 3.45. The molecular formula is C19H20ClN3O3. The number of anilines is 1. The normalized spacial score (nSPS) is 14.4. The highest BCUT2D eigenvalue weighted by atomic mass is 35.5. The Morgan fingerprint density at radius 1 is 1.12 bits per heavy atom. The molecular weight excluding hydrogens is 354 g/mol. The number of nitrogens with zero attached hydrogens (tertiary/aromatic N) is 3. The molecule has 1 aliphatic rings. The molecule has 26 heavy (non-hydrogen) atoms. The van der Waals surface area contributed by atoms with Crippen molar-refractivity contribution >= 4 is 28.9 Å². The summed E-state index contributed by atoms with van der Waals surface area (Å²) < 4.78 is 0. The summed E-state index contributed by atoms with van der Waals surface area (Å²) in [5.74, 6) is -0.189. The number of carbonyl (C=O) groups excluding carboxylic acids is 1. The van der Waals surface area contributed by atoms with Crippen LogP contribution in [0.4, 0.5) is 11.4 Å². The molecule has 136 valence electrons. The summed E-state index contributed by atoms with van der Waals surface area (Å²) in [6.07, 6.45) is 0. The zero-order chi connectivity index (χ0) is 18.8. The molecule has 0 bridgehead atoms. The van der Waals surface area contributed by atoms with E-state index in [9.17, 15) is 14.9 Å². The van der Waals surface area contributed by atoms with E-state index in [-0.39, 0.29) is 16.6 Å². The van der Waals surface area contributed by atoms with Gasteiger partial charge in [0.2, 0.25) is 0 Å². The molecule has 1 aliphatic heterocycles. The van der Waals surface area contributed by atoms with E-state index < -0.39 is 4.92 Å². The summed E-state index contributed by atoms with van der Waals surface area (Å²) in [7, 11) is 0. The third kappa shape index (κ3) is 3.51. The quantitative estimate of drug-likeness (QED) is 0.605. The topological polar surface area (TPSA) is 66.7 Å². The molecule has 0 saturated carbocycles. The van der Waals surface area contributed by atoms with Crippen LogP contribution in [0.1, 0.15) is 21.5 Å². The van der Waals surface area contributed by atoms with Gasteiger partial charge in [0.05, 0.1) is 15.5 Å². The van der Waals surface area contributed by atoms with Gasteiger partial charge in [-0.05, 0) is 37.1 Å². The summed E-state index contributed by atoms with van der Waals surface area (Å²) in [5.41, 5.74) is 3.89. The van der Waals surface area contributed by atoms with Crippen molar-refractivity contribution in [3.05, 3.63) is 68.2 Å². The zero-order valence-electron chi connectivity index (χ0n) is 14.7. The number of nitro benzene ring substituents is 1. The first-order valence-corrected chi connectivity index (χ1v) is 8.80. The van der Waals surface area contributed by atoms with Crippen LogP contribution < -0.4 is 4.90 Å². The first kappa shape index (κ1) is 18.2. The van der Waals surface area contributed by atoms with Crippen molar-refractivity contribution in [2.45, 2.75) is 13.8 Å². The number of hydrogen-bond acceptors (Lipinski definition) is 4. The van der Waals surface area contributed by atoms with Crippen LogP contribution >= 0.6 is 11.6 Å². The smallest absolute Gasteiger partial charge is 0.270 e. The Bertz CT molecular complexity index is 861. The van der Waals surface area contributed by atoms with Crippen LogP contribution in [0.25, 0.3) is 0 Å². The maximum atomic E-state index is 12.7. The number of aryl methyl sites for hydroxylation is 1. The second-order valence-corrected chi connectivity index (χ2v) is 6.83. The molecule has 1 amide bonds. The monoisotopic (exact) mass is 373 g/mol. The van der Waals surface area contributed by atoms with Crippen molar-refractivity contribution in [2.24, 2.45) is 0 Å². The number of piperazine rings is 1. The van der Waals surface area contributed by atoms with Crippen molar-refractivity contribution in [3.63, 3.8) is 0 Å². The minimum absolute atomic E-state index is 0.112. The average Bonchev–Trinajstić information content (AvgIpc) is 2.63. The molecule has 2 aromatic rings. The van der Waals surface area contributed by atoms with Gasteiger partial charge >= 0.3 is 0 Å². The second-order valence-electron chi connectivity index (χ2n) is 6.42. The maximum Gasteiger partial charge on any atom is 0.270 e. The molecule has 0 atom stereocenters. The van der Waals surface area contributed by atoms with Crippen LogP contribution in [0.15, 0.2) is 36.4 Å². The van der Waals surface area contributed by atoms with E-state index in [1.165, 1.54) is 35.0 Å². The fourth-order valence-electron chi connectivity index (χ4n) is 3.19. The fraction of sp³-hybridized carbons (Fsp3) is 0.316. The number of halogens is 1. The summed E-state index contributed by atoms with van der Waals surface area (Å²) >= 11 is 6.09. The first-order valence-electron chi connectivity index (χ1n) is 8.43. The standard InChI is InChI=1S/C19H20ClN3O3/c1-13-4-3-5-18(14(13)2)21-8-10-22(11-9-21)19(24)16-7-6-15(23(25)26)12-17(16)20/h3-7,12H,8-11H2,1-2H3. The lowest BCUT2D eigenvalue weighted by atomic mass is 10.1. The molecule has 0 unspecified atom stereocenters. The van der Waals surface area contributed by atoms with E-state index in [1.54, 1.807) is 4.90 Å². The summed E-state index contributed by atoms with van der Waals surface area (Å²) in [5, 5.41) is 10.9. The summed E-state index contributed by atoms with van der Waals surface area (Å²) in [6, 6.07) is 10.2. The highest BCUT2D eigenvalue weighted by Crippen LogP contribution is 2.26. The number of non-ortho nitro benzene ring substituents is 1. The molecule has 2 aromatic carbocycles. The Kier molecular flexibility index (Phi) is 5.13. The zero-order valence-corrected chi connectivity index (χ0v) is 15.5. The third-order valence-electron chi connectivity index (χ3n) is 4.88. The Hall–Kier alpha value is -2.60. The summed E-state index contributed by atoms with van der Waals surface area (Å²) in [6.45, 7) is 6.84. The van der Waals surface area contributed by atoms with Gasteiger partial charge in [0.15, 0.2) is 0 Å². The van der Waals surface area contributed by atoms with Gasteiger partial charge in [0.1, 0.15) is 0 Å². The Morgan fingerprint density at radius 3 is 2.42 bits per heavy atom. The first-order chi connectivity index (χ1) is 12.4. The van der Waals surface area contributed by atoms with Gasteiger partial charge in [-0.3, -0.25) is 14.9 Å². The number of nitro groups is 1. The van der Waals surface area contributed by atoms with Crippen LogP contribution in [0, 0.1) is 24.0 Å². The molecule has 0 N–H and O–H groups in total. The van der Waals surface area contributed by atoms with Crippen molar-refractivity contribution in [1.29, 1.82) is 0 Å². The number of benzene rings is 2. The van der Waals surface area contributed by atoms with E-state index in [0.717, 1.165) is 13.1 Å². The van der Waals surface area contributed by atoms with Crippen molar-refractivity contribution in [2.75, 3.05) is 31.1 Å². The number of amides is 1. The van der Waals surface area contributed by atoms with Crippen LogP contribution in [0.5, 0.6) is 0 Å². The Morgan fingerprint density at radius 2 is 1.81 bits per heavy atom. The molecule has 0 aromatic heterocycles. The molecule has 1 heterocycles. The van der Waals surface area contributed by atoms with E-state index in [2.05, 4.69) is 30.9 Å². The molecule has 1 fully saturated rings. The molecule has 6 nitrogen and oxygen atoms in total. The predicted molar refractivity (Wildman–Crippen MR) is 102 cm³/mol. The van der Waals surface area contributed by atoms with Crippen molar-refractivity contribution in [1.82, 2.24) is 4.90 Å². The van der Waals surface area contributed by atoms with E-state index in [0.29, 0.717) is 18.7 Å². The minimum Gasteiger partial charge on any atom is -0.368 e. The lowest BCUT2D eigenvalue weighted by Gasteiger charge is -2.37. The number of rotatable bonds is 3. The largest absolute Gasteiger partial charge is 0.368 e. The molecule has 1 saturated heterocycles. The predicted octanol–water partition coefficient (Wildman–Crippen LogP) is 3.83. The minimum atomic E-state index is -0.525. The van der Waals surface area contributed by atoms with Gasteiger partial charge in [0.25, 0.3) is 11.6 Å². The molecule has 7 heteroatoms. The molecule has 0 aliphatic carbocycles. The van der Waals surface area contributed by atoms with Gasteiger partial charge in [-0.2, -0.15) is 0 Å². The van der Waals surface area contributed by atoms with Crippen LogP contribution in [0.3, 0.4) is 0 Å². The van der Waals surface area contributed by atoms with Crippen molar-refractivity contribution in [3.8, 4) is 0 Å². The molecule has 3 rings (SSSR count). The Balaban J connectivity index is 1.71. The van der Waals surface area contributed by atoms with Crippen molar-refractivity contribution < 1.29 is 9.72 Å². The van der Waals surface area contributed by atoms with Gasteiger partial charge in [-0.15, -0.1) is 0 Å². The van der Waals surface area contributed by atoms with Gasteiger partial charge < -0.3 is 9.80 Å². The average molecular weight is 374 g/mol. The van der Waals surface area contributed by atoms with E-state index in [1.807, 2.05) is 6.07 Å². The lowest BCUT2D eigenvalue weighted by Crippen LogP contribution is -2.49. The number of carbonyl (C=O) groups is 1. The van der Waals surface area contributed by atoms with Gasteiger partial charge in [-0.1, -0.05) is 23.7 Å². The van der Waals surface area contributed by atoms with Crippen LogP contribution in [0.2, 0.25) is 5.02 Å².